The van der Waals surface area contributed by atoms with Gasteiger partial charge in [0.05, 0.1) is 4.90 Å². The Morgan fingerprint density at radius 2 is 1.89 bits per heavy atom. The SMILES string of the molecule is CC(I)CN(CCI)c1ccc(S(N)(=O)=O)cc1. The molecule has 0 fully saturated rings. The lowest BCUT2D eigenvalue weighted by atomic mass is 10.2. The van der Waals surface area contributed by atoms with Crippen LogP contribution in [-0.4, -0.2) is 29.9 Å². The Hall–Kier alpha value is 0.390. The van der Waals surface area contributed by atoms with Crippen LogP contribution in [0.25, 0.3) is 0 Å². The Balaban J connectivity index is 2.93. The van der Waals surface area contributed by atoms with Gasteiger partial charge in [-0.25, -0.2) is 13.6 Å². The Labute approximate surface area is 136 Å². The van der Waals surface area contributed by atoms with Crippen LogP contribution in [-0.2, 0) is 10.0 Å². The van der Waals surface area contributed by atoms with Crippen molar-refractivity contribution >= 4 is 60.9 Å². The van der Waals surface area contributed by atoms with Gasteiger partial charge in [-0.1, -0.05) is 52.1 Å². The number of benzene rings is 1. The molecule has 102 valence electrons. The van der Waals surface area contributed by atoms with Crippen LogP contribution < -0.4 is 10.0 Å². The molecule has 1 unspecified atom stereocenters. The van der Waals surface area contributed by atoms with E-state index >= 15 is 0 Å². The average molecular weight is 494 g/mol. The van der Waals surface area contributed by atoms with Crippen molar-refractivity contribution in [1.29, 1.82) is 0 Å². The Morgan fingerprint density at radius 1 is 1.33 bits per heavy atom. The minimum atomic E-state index is -3.60. The summed E-state index contributed by atoms with van der Waals surface area (Å²) in [5.41, 5.74) is 1.03. The highest BCUT2D eigenvalue weighted by molar-refractivity contribution is 14.1. The first-order chi connectivity index (χ1) is 8.34. The van der Waals surface area contributed by atoms with E-state index in [0.29, 0.717) is 3.92 Å². The van der Waals surface area contributed by atoms with Gasteiger partial charge in [0.15, 0.2) is 0 Å². The fraction of sp³-hybridized carbons (Fsp3) is 0.455. The van der Waals surface area contributed by atoms with Crippen LogP contribution in [0.5, 0.6) is 0 Å². The first-order valence-electron chi connectivity index (χ1n) is 5.42. The van der Waals surface area contributed by atoms with Gasteiger partial charge in [0.1, 0.15) is 0 Å². The summed E-state index contributed by atoms with van der Waals surface area (Å²) in [6.07, 6.45) is 0. The summed E-state index contributed by atoms with van der Waals surface area (Å²) in [7, 11) is -3.60. The van der Waals surface area contributed by atoms with Crippen molar-refractivity contribution in [3.05, 3.63) is 24.3 Å². The maximum atomic E-state index is 11.2. The van der Waals surface area contributed by atoms with Crippen LogP contribution in [0.15, 0.2) is 29.2 Å². The van der Waals surface area contributed by atoms with Crippen LogP contribution in [0.4, 0.5) is 5.69 Å². The van der Waals surface area contributed by atoms with Gasteiger partial charge in [-0.3, -0.25) is 0 Å². The average Bonchev–Trinajstić information content (AvgIpc) is 2.27. The highest BCUT2D eigenvalue weighted by Gasteiger charge is 2.11. The summed E-state index contributed by atoms with van der Waals surface area (Å²) in [6.45, 7) is 4.04. The molecule has 0 aliphatic heterocycles. The minimum absolute atomic E-state index is 0.156. The van der Waals surface area contributed by atoms with E-state index in [-0.39, 0.29) is 4.90 Å². The Bertz CT molecular complexity index is 474. The number of hydrogen-bond donors (Lipinski definition) is 1. The topological polar surface area (TPSA) is 63.4 Å². The summed E-state index contributed by atoms with van der Waals surface area (Å²) in [6, 6.07) is 6.74. The van der Waals surface area contributed by atoms with Crippen molar-refractivity contribution in [1.82, 2.24) is 0 Å². The first kappa shape index (κ1) is 16.4. The van der Waals surface area contributed by atoms with Crippen LogP contribution in [0.2, 0.25) is 0 Å². The van der Waals surface area contributed by atoms with Crippen molar-refractivity contribution < 1.29 is 8.42 Å². The van der Waals surface area contributed by atoms with E-state index < -0.39 is 10.0 Å². The summed E-state index contributed by atoms with van der Waals surface area (Å²) < 4.78 is 23.9. The molecule has 0 aromatic heterocycles. The number of nitrogens with two attached hydrogens (primary N) is 1. The van der Waals surface area contributed by atoms with Crippen molar-refractivity contribution in [2.24, 2.45) is 5.14 Å². The maximum absolute atomic E-state index is 11.2. The molecule has 1 rings (SSSR count). The lowest BCUT2D eigenvalue weighted by molar-refractivity contribution is 0.598. The van der Waals surface area contributed by atoms with Gasteiger partial charge in [-0.2, -0.15) is 0 Å². The number of rotatable bonds is 6. The zero-order chi connectivity index (χ0) is 13.8. The molecule has 1 aromatic rings. The number of anilines is 1. The van der Waals surface area contributed by atoms with Crippen LogP contribution in [0, 0.1) is 0 Å². The molecular weight excluding hydrogens is 478 g/mol. The van der Waals surface area contributed by atoms with Gasteiger partial charge in [-0.05, 0) is 24.3 Å². The number of hydrogen-bond acceptors (Lipinski definition) is 3. The van der Waals surface area contributed by atoms with Gasteiger partial charge in [0, 0.05) is 27.1 Å². The zero-order valence-electron chi connectivity index (χ0n) is 10.0. The summed E-state index contributed by atoms with van der Waals surface area (Å²) in [4.78, 5) is 2.40. The normalized spacial score (nSPS) is 13.3. The van der Waals surface area contributed by atoms with E-state index in [4.69, 9.17) is 5.14 Å². The fourth-order valence-corrected chi connectivity index (χ4v) is 3.15. The molecule has 0 aliphatic carbocycles. The molecule has 0 saturated carbocycles. The van der Waals surface area contributed by atoms with Gasteiger partial charge in [0.2, 0.25) is 10.0 Å². The van der Waals surface area contributed by atoms with Gasteiger partial charge in [-0.15, -0.1) is 0 Å². The molecule has 0 amide bonds. The monoisotopic (exact) mass is 494 g/mol. The van der Waals surface area contributed by atoms with Crippen LogP contribution in [0.3, 0.4) is 0 Å². The minimum Gasteiger partial charge on any atom is -0.370 e. The second-order valence-corrected chi connectivity index (χ2v) is 8.72. The molecule has 2 N–H and O–H groups in total. The van der Waals surface area contributed by atoms with E-state index in [2.05, 4.69) is 57.0 Å². The molecule has 0 spiro atoms. The molecule has 7 heteroatoms. The molecule has 0 heterocycles. The number of sulfonamides is 1. The van der Waals surface area contributed by atoms with Gasteiger partial charge < -0.3 is 4.90 Å². The molecule has 0 radical (unpaired) electrons. The molecule has 1 aromatic carbocycles. The third kappa shape index (κ3) is 5.17. The highest BCUT2D eigenvalue weighted by Crippen LogP contribution is 2.19. The van der Waals surface area contributed by atoms with Crippen molar-refractivity contribution in [3.63, 3.8) is 0 Å². The van der Waals surface area contributed by atoms with Gasteiger partial charge in [0.25, 0.3) is 0 Å². The quantitative estimate of drug-likeness (QED) is 0.489. The number of alkyl halides is 2. The lowest BCUT2D eigenvalue weighted by Crippen LogP contribution is -2.30. The molecule has 4 nitrogen and oxygen atoms in total. The molecule has 0 bridgehead atoms. The summed E-state index contributed by atoms with van der Waals surface area (Å²) in [5, 5.41) is 5.08. The standard InChI is InChI=1S/C11H16I2N2O2S/c1-9(13)8-15(7-6-12)10-2-4-11(5-3-10)18(14,16)17/h2-5,9H,6-8H2,1H3,(H2,14,16,17). The largest absolute Gasteiger partial charge is 0.370 e. The van der Waals surface area contributed by atoms with E-state index in [1.54, 1.807) is 12.1 Å². The third-order valence-electron chi connectivity index (χ3n) is 2.36. The van der Waals surface area contributed by atoms with E-state index in [9.17, 15) is 8.42 Å². The molecule has 18 heavy (non-hydrogen) atoms. The summed E-state index contributed by atoms with van der Waals surface area (Å²) in [5.74, 6) is 0. The third-order valence-corrected chi connectivity index (χ3v) is 4.16. The zero-order valence-corrected chi connectivity index (χ0v) is 15.1. The van der Waals surface area contributed by atoms with E-state index in [1.165, 1.54) is 0 Å². The number of nitrogens with zero attached hydrogens (tertiary/aromatic N) is 1. The lowest BCUT2D eigenvalue weighted by Gasteiger charge is -2.25. The Morgan fingerprint density at radius 3 is 2.28 bits per heavy atom. The van der Waals surface area contributed by atoms with E-state index in [0.717, 1.165) is 23.2 Å². The van der Waals surface area contributed by atoms with Crippen molar-refractivity contribution in [3.8, 4) is 0 Å². The fourth-order valence-electron chi connectivity index (χ4n) is 1.58. The van der Waals surface area contributed by atoms with Crippen molar-refractivity contribution in [2.75, 3.05) is 22.4 Å². The number of halogens is 2. The van der Waals surface area contributed by atoms with Crippen LogP contribution >= 0.6 is 45.2 Å². The number of primary sulfonamides is 1. The predicted molar refractivity (Wildman–Crippen MR) is 92.4 cm³/mol. The maximum Gasteiger partial charge on any atom is 0.238 e. The van der Waals surface area contributed by atoms with Crippen molar-refractivity contribution in [2.45, 2.75) is 15.7 Å². The van der Waals surface area contributed by atoms with Gasteiger partial charge >= 0.3 is 0 Å². The predicted octanol–water partition coefficient (Wildman–Crippen LogP) is 2.40. The molecule has 0 saturated heterocycles. The van der Waals surface area contributed by atoms with E-state index in [1.807, 2.05) is 12.1 Å². The molecular formula is C11H16I2N2O2S. The molecule has 0 aliphatic rings. The molecule has 1 atom stereocenters. The second kappa shape index (κ2) is 7.25. The smallest absolute Gasteiger partial charge is 0.238 e. The highest BCUT2D eigenvalue weighted by atomic mass is 127. The Kier molecular flexibility index (Phi) is 6.62. The second-order valence-electron chi connectivity index (χ2n) is 3.95. The van der Waals surface area contributed by atoms with Crippen LogP contribution in [0.1, 0.15) is 6.92 Å². The first-order valence-corrected chi connectivity index (χ1v) is 9.74. The summed E-state index contributed by atoms with van der Waals surface area (Å²) >= 11 is 4.72.